The van der Waals surface area contributed by atoms with Gasteiger partial charge in [0.1, 0.15) is 5.82 Å². The van der Waals surface area contributed by atoms with E-state index < -0.39 is 11.9 Å². The molecule has 7 heteroatoms. The van der Waals surface area contributed by atoms with Gasteiger partial charge in [0.15, 0.2) is 10.7 Å². The Morgan fingerprint density at radius 2 is 2.16 bits per heavy atom. The third-order valence-electron chi connectivity index (χ3n) is 2.33. The van der Waals surface area contributed by atoms with E-state index in [1.54, 1.807) is 6.92 Å². The number of aryl methyl sites for hydroxylation is 1. The Hall–Kier alpha value is -2.28. The highest BCUT2D eigenvalue weighted by atomic mass is 32.1. The zero-order valence-corrected chi connectivity index (χ0v) is 10.6. The molecule has 2 aromatic rings. The topological polar surface area (TPSA) is 79.3 Å². The van der Waals surface area contributed by atoms with E-state index in [0.717, 1.165) is 11.3 Å². The molecular weight excluding hydrogens is 271 g/mol. The van der Waals surface area contributed by atoms with Crippen molar-refractivity contribution in [1.29, 1.82) is 0 Å². The fourth-order valence-electron chi connectivity index (χ4n) is 1.38. The van der Waals surface area contributed by atoms with Crippen molar-refractivity contribution in [3.8, 4) is 0 Å². The van der Waals surface area contributed by atoms with Crippen molar-refractivity contribution in [3.05, 3.63) is 45.7 Å². The highest BCUT2D eigenvalue weighted by Crippen LogP contribution is 2.16. The monoisotopic (exact) mass is 280 g/mol. The van der Waals surface area contributed by atoms with Crippen molar-refractivity contribution in [1.82, 2.24) is 4.98 Å². The average molecular weight is 280 g/mol. The molecule has 0 saturated heterocycles. The third kappa shape index (κ3) is 2.94. The molecule has 0 atom stereocenters. The summed E-state index contributed by atoms with van der Waals surface area (Å²) in [6.45, 7) is 1.58. The summed E-state index contributed by atoms with van der Waals surface area (Å²) < 4.78 is 13.1. The maximum Gasteiger partial charge on any atom is 0.355 e. The van der Waals surface area contributed by atoms with E-state index >= 15 is 0 Å². The lowest BCUT2D eigenvalue weighted by Gasteiger charge is -2.04. The molecule has 1 heterocycles. The number of aromatic carboxylic acids is 1. The van der Waals surface area contributed by atoms with Gasteiger partial charge in [-0.1, -0.05) is 0 Å². The summed E-state index contributed by atoms with van der Waals surface area (Å²) in [5, 5.41) is 12.6. The predicted molar refractivity (Wildman–Crippen MR) is 68.2 cm³/mol. The van der Waals surface area contributed by atoms with Crippen LogP contribution in [0.4, 0.5) is 10.1 Å². The Kier molecular flexibility index (Phi) is 3.57. The van der Waals surface area contributed by atoms with Gasteiger partial charge in [0.25, 0.3) is 5.91 Å². The van der Waals surface area contributed by atoms with Crippen LogP contribution in [0.25, 0.3) is 0 Å². The summed E-state index contributed by atoms with van der Waals surface area (Å²) in [6.07, 6.45) is 0. The van der Waals surface area contributed by atoms with Gasteiger partial charge in [-0.3, -0.25) is 4.79 Å². The molecule has 0 bridgehead atoms. The summed E-state index contributed by atoms with van der Waals surface area (Å²) in [5.74, 6) is -2.07. The van der Waals surface area contributed by atoms with Crippen molar-refractivity contribution in [2.45, 2.75) is 6.92 Å². The quantitative estimate of drug-likeness (QED) is 0.905. The minimum Gasteiger partial charge on any atom is -0.476 e. The number of carbonyl (C=O) groups excluding carboxylic acids is 1. The molecule has 2 N–H and O–H groups in total. The van der Waals surface area contributed by atoms with Gasteiger partial charge >= 0.3 is 5.97 Å². The van der Waals surface area contributed by atoms with Crippen molar-refractivity contribution < 1.29 is 19.1 Å². The van der Waals surface area contributed by atoms with Crippen LogP contribution < -0.4 is 5.32 Å². The molecule has 0 aliphatic heterocycles. The van der Waals surface area contributed by atoms with Crippen LogP contribution in [0.1, 0.15) is 25.9 Å². The summed E-state index contributed by atoms with van der Waals surface area (Å²) in [5.41, 5.74) is 0.657. The zero-order chi connectivity index (χ0) is 14.0. The number of rotatable bonds is 3. The lowest BCUT2D eigenvalue weighted by atomic mass is 10.2. The summed E-state index contributed by atoms with van der Waals surface area (Å²) in [4.78, 5) is 26.1. The van der Waals surface area contributed by atoms with Crippen LogP contribution in [0.2, 0.25) is 0 Å². The van der Waals surface area contributed by atoms with Crippen molar-refractivity contribution in [3.63, 3.8) is 0 Å². The molecule has 1 amide bonds. The number of aromatic nitrogens is 1. The maximum atomic E-state index is 13.1. The number of carboxylic acid groups (broad SMARTS) is 1. The minimum absolute atomic E-state index is 0.0411. The van der Waals surface area contributed by atoms with Crippen LogP contribution >= 0.6 is 11.3 Å². The number of hydrogen-bond acceptors (Lipinski definition) is 4. The average Bonchev–Trinajstić information content (AvgIpc) is 2.83. The van der Waals surface area contributed by atoms with Gasteiger partial charge in [-0.05, 0) is 30.7 Å². The molecule has 0 aliphatic carbocycles. The van der Waals surface area contributed by atoms with Crippen molar-refractivity contribution in [2.75, 3.05) is 5.32 Å². The number of carboxylic acids is 1. The summed E-state index contributed by atoms with van der Waals surface area (Å²) in [6, 6.07) is 4.15. The fourth-order valence-corrected chi connectivity index (χ4v) is 2.07. The normalized spacial score (nSPS) is 10.2. The van der Waals surface area contributed by atoms with Crippen molar-refractivity contribution in [2.24, 2.45) is 0 Å². The third-order valence-corrected chi connectivity index (χ3v) is 3.17. The molecule has 1 aromatic heterocycles. The Balaban J connectivity index is 2.15. The number of benzene rings is 1. The molecule has 0 saturated carbocycles. The molecule has 1 aromatic carbocycles. The summed E-state index contributed by atoms with van der Waals surface area (Å²) >= 11 is 0.935. The van der Waals surface area contributed by atoms with Crippen LogP contribution in [-0.2, 0) is 0 Å². The number of nitrogens with zero attached hydrogens (tertiary/aromatic N) is 1. The molecular formula is C12H9FN2O3S. The first-order valence-corrected chi connectivity index (χ1v) is 6.11. The van der Waals surface area contributed by atoms with Gasteiger partial charge in [-0.2, -0.15) is 0 Å². The molecule has 0 aliphatic rings. The standard InChI is InChI=1S/C12H9FN2O3S/c1-6-4-7(2-3-8(6)13)14-10(16)11-15-9(5-19-11)12(17)18/h2-5H,1H3,(H,14,16)(H,17,18). The van der Waals surface area contributed by atoms with E-state index in [2.05, 4.69) is 10.3 Å². The largest absolute Gasteiger partial charge is 0.476 e. The van der Waals surface area contributed by atoms with E-state index in [9.17, 15) is 14.0 Å². The van der Waals surface area contributed by atoms with E-state index in [4.69, 9.17) is 5.11 Å². The minimum atomic E-state index is -1.19. The molecule has 0 radical (unpaired) electrons. The Morgan fingerprint density at radius 1 is 1.42 bits per heavy atom. The number of carbonyl (C=O) groups is 2. The first-order valence-electron chi connectivity index (χ1n) is 5.23. The van der Waals surface area contributed by atoms with Gasteiger partial charge < -0.3 is 10.4 Å². The van der Waals surface area contributed by atoms with Gasteiger partial charge in [-0.25, -0.2) is 14.2 Å². The highest BCUT2D eigenvalue weighted by molar-refractivity contribution is 7.12. The fraction of sp³-hybridized carbons (Fsp3) is 0.0833. The van der Waals surface area contributed by atoms with Crippen molar-refractivity contribution >= 4 is 28.9 Å². The number of halogens is 1. The second-order valence-corrected chi connectivity index (χ2v) is 4.62. The molecule has 19 heavy (non-hydrogen) atoms. The summed E-state index contributed by atoms with van der Waals surface area (Å²) in [7, 11) is 0. The Bertz CT molecular complexity index is 654. The van der Waals surface area contributed by atoms with Crippen LogP contribution in [0.15, 0.2) is 23.6 Å². The predicted octanol–water partition coefficient (Wildman–Crippen LogP) is 2.54. The second kappa shape index (κ2) is 5.15. The van der Waals surface area contributed by atoms with Crippen LogP contribution in [0.5, 0.6) is 0 Å². The van der Waals surface area contributed by atoms with Gasteiger partial charge in [0, 0.05) is 11.1 Å². The molecule has 0 fully saturated rings. The molecule has 0 unspecified atom stereocenters. The van der Waals surface area contributed by atoms with Crippen LogP contribution in [0, 0.1) is 12.7 Å². The van der Waals surface area contributed by atoms with E-state index in [1.807, 2.05) is 0 Å². The van der Waals surface area contributed by atoms with Gasteiger partial charge in [0.05, 0.1) is 0 Å². The first-order chi connectivity index (χ1) is 8.97. The molecule has 98 valence electrons. The van der Waals surface area contributed by atoms with Crippen LogP contribution in [-0.4, -0.2) is 22.0 Å². The SMILES string of the molecule is Cc1cc(NC(=O)c2nc(C(=O)O)cs2)ccc1F. The lowest BCUT2D eigenvalue weighted by Crippen LogP contribution is -2.12. The first kappa shape index (κ1) is 13.2. The molecule has 2 rings (SSSR count). The lowest BCUT2D eigenvalue weighted by molar-refractivity contribution is 0.0691. The van der Waals surface area contributed by atoms with E-state index in [-0.39, 0.29) is 16.5 Å². The Morgan fingerprint density at radius 3 is 2.74 bits per heavy atom. The van der Waals surface area contributed by atoms with Gasteiger partial charge in [-0.15, -0.1) is 11.3 Å². The van der Waals surface area contributed by atoms with E-state index in [1.165, 1.54) is 23.6 Å². The number of thiazole rings is 1. The highest BCUT2D eigenvalue weighted by Gasteiger charge is 2.15. The number of nitrogens with one attached hydrogen (secondary N) is 1. The zero-order valence-electron chi connectivity index (χ0n) is 9.81. The molecule has 0 spiro atoms. The smallest absolute Gasteiger partial charge is 0.355 e. The Labute approximate surface area is 111 Å². The number of anilines is 1. The van der Waals surface area contributed by atoms with Crippen LogP contribution in [0.3, 0.4) is 0 Å². The number of amides is 1. The van der Waals surface area contributed by atoms with E-state index in [0.29, 0.717) is 11.3 Å². The van der Waals surface area contributed by atoms with Gasteiger partial charge in [0.2, 0.25) is 0 Å². The second-order valence-electron chi connectivity index (χ2n) is 3.76. The maximum absolute atomic E-state index is 13.1. The molecule has 5 nitrogen and oxygen atoms in total. The number of hydrogen-bond donors (Lipinski definition) is 2.